The minimum atomic E-state index is -0.399. The van der Waals surface area contributed by atoms with Crippen molar-refractivity contribution >= 4 is 29.2 Å². The zero-order valence-corrected chi connectivity index (χ0v) is 29.7. The van der Waals surface area contributed by atoms with Crippen molar-refractivity contribution in [2.75, 3.05) is 33.4 Å². The molecule has 3 aromatic carbocycles. The molecular weight excluding hydrogens is 675 g/mol. The van der Waals surface area contributed by atoms with Gasteiger partial charge < -0.3 is 29.2 Å². The van der Waals surface area contributed by atoms with Gasteiger partial charge in [0.2, 0.25) is 0 Å². The van der Waals surface area contributed by atoms with Crippen LogP contribution in [-0.4, -0.2) is 55.2 Å². The van der Waals surface area contributed by atoms with Gasteiger partial charge in [-0.05, 0) is 68.2 Å². The number of halogens is 2. The first-order valence-corrected chi connectivity index (χ1v) is 17.6. The van der Waals surface area contributed by atoms with E-state index in [1.807, 2.05) is 30.3 Å². The summed E-state index contributed by atoms with van der Waals surface area (Å²) in [4.78, 5) is 18.5. The average Bonchev–Trinajstić information content (AvgIpc) is 3.54. The van der Waals surface area contributed by atoms with Crippen LogP contribution < -0.4 is 19.5 Å². The summed E-state index contributed by atoms with van der Waals surface area (Å²) in [5, 5.41) is 13.5. The highest BCUT2D eigenvalue weighted by Crippen LogP contribution is 2.39. The molecule has 0 aliphatic carbocycles. The van der Waals surface area contributed by atoms with Crippen molar-refractivity contribution in [1.29, 1.82) is 5.26 Å². The number of nitrogens with zero attached hydrogens (tertiary/aromatic N) is 3. The average molecular weight is 716 g/mol. The molecule has 3 heterocycles. The van der Waals surface area contributed by atoms with Crippen LogP contribution in [0, 0.1) is 24.2 Å². The van der Waals surface area contributed by atoms with Crippen LogP contribution in [0.1, 0.15) is 47.1 Å². The second-order valence-electron chi connectivity index (χ2n) is 12.8. The van der Waals surface area contributed by atoms with Gasteiger partial charge in [0.1, 0.15) is 42.6 Å². The summed E-state index contributed by atoms with van der Waals surface area (Å²) >= 11 is 13.7. The van der Waals surface area contributed by atoms with Crippen molar-refractivity contribution in [2.45, 2.75) is 52.0 Å². The van der Waals surface area contributed by atoms with Crippen LogP contribution in [-0.2, 0) is 29.3 Å². The number of piperidine rings is 1. The molecule has 50 heavy (non-hydrogen) atoms. The fourth-order valence-electron chi connectivity index (χ4n) is 6.40. The van der Waals surface area contributed by atoms with E-state index in [-0.39, 0.29) is 19.2 Å². The van der Waals surface area contributed by atoms with Gasteiger partial charge in [0.15, 0.2) is 0 Å². The Morgan fingerprint density at radius 2 is 1.80 bits per heavy atom. The molecule has 9 nitrogen and oxygen atoms in total. The van der Waals surface area contributed by atoms with Gasteiger partial charge in [-0.15, -0.1) is 0 Å². The molecule has 4 aromatic rings. The molecule has 2 atom stereocenters. The van der Waals surface area contributed by atoms with E-state index in [4.69, 9.17) is 42.1 Å². The molecule has 2 saturated heterocycles. The molecular formula is C39H40Cl2N4O5. The Morgan fingerprint density at radius 3 is 2.60 bits per heavy atom. The predicted octanol–water partition coefficient (Wildman–Crippen LogP) is 7.52. The van der Waals surface area contributed by atoms with Crippen LogP contribution in [0.25, 0.3) is 11.1 Å². The van der Waals surface area contributed by atoms with Gasteiger partial charge in [0.25, 0.3) is 0 Å². The molecule has 0 bridgehead atoms. The van der Waals surface area contributed by atoms with Gasteiger partial charge in [-0.3, -0.25) is 9.78 Å². The summed E-state index contributed by atoms with van der Waals surface area (Å²) < 4.78 is 23.9. The van der Waals surface area contributed by atoms with Crippen LogP contribution in [0.15, 0.2) is 67.0 Å². The maximum absolute atomic E-state index is 12.1. The van der Waals surface area contributed by atoms with Gasteiger partial charge in [-0.2, -0.15) is 5.26 Å². The molecule has 1 aromatic heterocycles. The highest BCUT2D eigenvalue weighted by atomic mass is 35.5. The van der Waals surface area contributed by atoms with Gasteiger partial charge in [-0.25, -0.2) is 0 Å². The minimum absolute atomic E-state index is 0.171. The summed E-state index contributed by atoms with van der Waals surface area (Å²) in [5.74, 6) is 1.87. The smallest absolute Gasteiger partial charge is 0.323 e. The molecule has 0 amide bonds. The third-order valence-corrected chi connectivity index (χ3v) is 9.87. The minimum Gasteiger partial charge on any atom is -0.492 e. The van der Waals surface area contributed by atoms with Gasteiger partial charge in [-0.1, -0.05) is 53.5 Å². The zero-order chi connectivity index (χ0) is 35.0. The Labute approximate surface area is 303 Å². The number of esters is 1. The van der Waals surface area contributed by atoms with Gasteiger partial charge >= 0.3 is 5.97 Å². The van der Waals surface area contributed by atoms with Crippen molar-refractivity contribution in [2.24, 2.45) is 5.92 Å². The Morgan fingerprint density at radius 1 is 0.980 bits per heavy atom. The Hall–Kier alpha value is -4.33. The third-order valence-electron chi connectivity index (χ3n) is 9.19. The molecule has 2 fully saturated rings. The van der Waals surface area contributed by atoms with Crippen LogP contribution in [0.2, 0.25) is 10.0 Å². The molecule has 260 valence electrons. The number of nitrogens with one attached hydrogen (secondary N) is 1. The van der Waals surface area contributed by atoms with Crippen molar-refractivity contribution in [3.05, 3.63) is 105 Å². The number of aromatic nitrogens is 1. The number of likely N-dealkylation sites (tertiary alicyclic amines) is 1. The summed E-state index contributed by atoms with van der Waals surface area (Å²) in [6.45, 7) is 5.99. The molecule has 11 heteroatoms. The van der Waals surface area contributed by atoms with E-state index in [2.05, 4.69) is 41.3 Å². The van der Waals surface area contributed by atoms with E-state index < -0.39 is 6.04 Å². The standard InChI is InChI=1S/C39H40Cl2N4O5/c1-25-29(7-3-8-31(25)32-9-4-10-35(38(32)41)48-22-26-6-5-12-45(2)21-26)24-50-37-16-36(49-23-28-14-27(17-42)18-43-19-28)30(15-33(37)40)20-44-34-11-13-47-39(34)46/h3-4,7-10,14-16,18-19,26,34,44H,5-6,11-13,20-24H2,1-2H3/t26?,34-/m1/s1. The third kappa shape index (κ3) is 8.69. The molecule has 0 radical (unpaired) electrons. The predicted molar refractivity (Wildman–Crippen MR) is 193 cm³/mol. The van der Waals surface area contributed by atoms with Gasteiger partial charge in [0.05, 0.1) is 28.8 Å². The lowest BCUT2D eigenvalue weighted by Gasteiger charge is -2.29. The number of rotatable bonds is 13. The summed E-state index contributed by atoms with van der Waals surface area (Å²) in [6, 6.07) is 19.0. The maximum atomic E-state index is 12.1. The molecule has 2 aliphatic rings. The topological polar surface area (TPSA) is 106 Å². The number of carbonyl (C=O) groups excluding carboxylic acids is 1. The number of nitriles is 1. The van der Waals surface area contributed by atoms with Crippen molar-refractivity contribution in [3.8, 4) is 34.4 Å². The Bertz CT molecular complexity index is 1880. The second kappa shape index (κ2) is 16.6. The van der Waals surface area contributed by atoms with E-state index in [0.29, 0.717) is 65.0 Å². The van der Waals surface area contributed by atoms with Crippen LogP contribution in [0.3, 0.4) is 0 Å². The fraction of sp³-hybridized carbons (Fsp3) is 0.359. The second-order valence-corrected chi connectivity index (χ2v) is 13.6. The summed E-state index contributed by atoms with van der Waals surface area (Å²) in [5.41, 5.74) is 5.82. The SMILES string of the molecule is Cc1c(COc2cc(OCc3cncc(C#N)c3)c(CN[C@@H]3CCOC3=O)cc2Cl)cccc1-c1cccc(OCC2CCCN(C)C2)c1Cl. The lowest BCUT2D eigenvalue weighted by Crippen LogP contribution is -2.34. The van der Waals surface area contributed by atoms with Crippen LogP contribution in [0.4, 0.5) is 0 Å². The fourth-order valence-corrected chi connectivity index (χ4v) is 6.92. The first kappa shape index (κ1) is 35.5. The Kier molecular flexibility index (Phi) is 11.8. The number of carbonyl (C=O) groups is 1. The molecule has 0 saturated carbocycles. The highest BCUT2D eigenvalue weighted by molar-refractivity contribution is 6.35. The van der Waals surface area contributed by atoms with E-state index >= 15 is 0 Å². The Balaban J connectivity index is 1.19. The van der Waals surface area contributed by atoms with Crippen LogP contribution in [0.5, 0.6) is 17.2 Å². The number of hydrogen-bond acceptors (Lipinski definition) is 9. The van der Waals surface area contributed by atoms with E-state index in [1.165, 1.54) is 12.6 Å². The van der Waals surface area contributed by atoms with E-state index in [9.17, 15) is 10.1 Å². The number of pyridine rings is 1. The highest BCUT2D eigenvalue weighted by Gasteiger charge is 2.26. The molecule has 2 aliphatic heterocycles. The lowest BCUT2D eigenvalue weighted by atomic mass is 9.96. The van der Waals surface area contributed by atoms with Gasteiger partial charge in [0, 0.05) is 60.6 Å². The number of benzene rings is 3. The lowest BCUT2D eigenvalue weighted by molar-refractivity contribution is -0.139. The van der Waals surface area contributed by atoms with E-state index in [1.54, 1.807) is 24.4 Å². The number of hydrogen-bond donors (Lipinski definition) is 1. The number of ether oxygens (including phenoxy) is 4. The van der Waals surface area contributed by atoms with Crippen LogP contribution >= 0.6 is 23.2 Å². The summed E-state index contributed by atoms with van der Waals surface area (Å²) in [6.07, 6.45) is 6.09. The van der Waals surface area contributed by atoms with Crippen molar-refractivity contribution < 1.29 is 23.7 Å². The zero-order valence-electron chi connectivity index (χ0n) is 28.2. The first-order valence-electron chi connectivity index (χ1n) is 16.8. The van der Waals surface area contributed by atoms with Crippen molar-refractivity contribution in [1.82, 2.24) is 15.2 Å². The quantitative estimate of drug-likeness (QED) is 0.141. The monoisotopic (exact) mass is 714 g/mol. The normalized spacial score (nSPS) is 17.6. The first-order chi connectivity index (χ1) is 24.3. The number of cyclic esters (lactones) is 1. The maximum Gasteiger partial charge on any atom is 0.323 e. The molecule has 0 spiro atoms. The van der Waals surface area contributed by atoms with E-state index in [0.717, 1.165) is 52.9 Å². The largest absolute Gasteiger partial charge is 0.492 e. The molecule has 6 rings (SSSR count). The molecule has 1 unspecified atom stereocenters. The molecule has 1 N–H and O–H groups in total. The van der Waals surface area contributed by atoms with Crippen molar-refractivity contribution in [3.63, 3.8) is 0 Å². The summed E-state index contributed by atoms with van der Waals surface area (Å²) in [7, 11) is 2.15.